The Kier molecular flexibility index (Phi) is 4.53. The van der Waals surface area contributed by atoms with Crippen molar-refractivity contribution in [2.45, 2.75) is 31.7 Å². The van der Waals surface area contributed by atoms with E-state index in [9.17, 15) is 14.4 Å². The molecule has 0 aromatic heterocycles. The molecule has 2 heterocycles. The Morgan fingerprint density at radius 2 is 1.83 bits per heavy atom. The van der Waals surface area contributed by atoms with Gasteiger partial charge in [-0.2, -0.15) is 5.01 Å². The van der Waals surface area contributed by atoms with Crippen LogP contribution in [0, 0.1) is 0 Å². The van der Waals surface area contributed by atoms with Gasteiger partial charge in [0.1, 0.15) is 5.54 Å². The second-order valence-electron chi connectivity index (χ2n) is 6.43. The van der Waals surface area contributed by atoms with Crippen molar-refractivity contribution in [1.82, 2.24) is 20.7 Å². The molecule has 0 saturated carbocycles. The van der Waals surface area contributed by atoms with E-state index < -0.39 is 17.5 Å². The molecule has 2 saturated heterocycles. The first-order chi connectivity index (χ1) is 11.5. The predicted octanol–water partition coefficient (Wildman–Crippen LogP) is 0.971. The molecule has 0 spiro atoms. The first-order valence-corrected chi connectivity index (χ1v) is 8.25. The summed E-state index contributed by atoms with van der Waals surface area (Å²) < 4.78 is 0. The summed E-state index contributed by atoms with van der Waals surface area (Å²) >= 11 is 0. The zero-order valence-electron chi connectivity index (χ0n) is 13.7. The normalized spacial score (nSPS) is 24.8. The number of hydrazine groups is 1. The third-order valence-electron chi connectivity index (χ3n) is 4.59. The Morgan fingerprint density at radius 1 is 1.17 bits per heavy atom. The van der Waals surface area contributed by atoms with Crippen LogP contribution in [0.1, 0.15) is 31.7 Å². The van der Waals surface area contributed by atoms with E-state index >= 15 is 0 Å². The van der Waals surface area contributed by atoms with Crippen LogP contribution in [0.5, 0.6) is 0 Å². The van der Waals surface area contributed by atoms with E-state index in [4.69, 9.17) is 0 Å². The second kappa shape index (κ2) is 6.60. The molecule has 1 aromatic carbocycles. The van der Waals surface area contributed by atoms with Crippen LogP contribution in [-0.4, -0.2) is 47.4 Å². The SMILES string of the molecule is C[C@@]1(c2ccccc2)NC(=O)N(NC(=O)CN2CCCCC2)C1=O. The van der Waals surface area contributed by atoms with E-state index in [1.807, 2.05) is 11.0 Å². The first kappa shape index (κ1) is 16.4. The lowest BCUT2D eigenvalue weighted by Crippen LogP contribution is -2.51. The minimum absolute atomic E-state index is 0.194. The van der Waals surface area contributed by atoms with Gasteiger partial charge in [0.25, 0.3) is 11.8 Å². The van der Waals surface area contributed by atoms with E-state index in [-0.39, 0.29) is 12.5 Å². The van der Waals surface area contributed by atoms with E-state index in [1.54, 1.807) is 31.2 Å². The predicted molar refractivity (Wildman–Crippen MR) is 87.6 cm³/mol. The third kappa shape index (κ3) is 3.12. The largest absolute Gasteiger partial charge is 0.344 e. The van der Waals surface area contributed by atoms with Gasteiger partial charge in [-0.15, -0.1) is 0 Å². The molecule has 2 fully saturated rings. The maximum Gasteiger partial charge on any atom is 0.344 e. The summed E-state index contributed by atoms with van der Waals surface area (Å²) in [7, 11) is 0. The van der Waals surface area contributed by atoms with Crippen LogP contribution in [0.25, 0.3) is 0 Å². The molecule has 7 nitrogen and oxygen atoms in total. The quantitative estimate of drug-likeness (QED) is 0.806. The molecule has 24 heavy (non-hydrogen) atoms. The fourth-order valence-corrected chi connectivity index (χ4v) is 3.19. The molecular weight excluding hydrogens is 308 g/mol. The highest BCUT2D eigenvalue weighted by atomic mass is 16.2. The minimum atomic E-state index is -1.17. The van der Waals surface area contributed by atoms with Crippen molar-refractivity contribution in [1.29, 1.82) is 0 Å². The molecule has 3 rings (SSSR count). The number of nitrogens with one attached hydrogen (secondary N) is 2. The standard InChI is InChI=1S/C17H22N4O3/c1-17(13-8-4-2-5-9-13)15(23)21(16(24)18-17)19-14(22)12-20-10-6-3-7-11-20/h2,4-5,8-9H,3,6-7,10-12H2,1H3,(H,18,24)(H,19,22)/t17-/m0/s1. The molecule has 2 N–H and O–H groups in total. The molecular formula is C17H22N4O3. The van der Waals surface area contributed by atoms with Gasteiger partial charge in [-0.25, -0.2) is 4.79 Å². The molecule has 2 aliphatic heterocycles. The number of carbonyl (C=O) groups excluding carboxylic acids is 3. The van der Waals surface area contributed by atoms with Gasteiger partial charge in [-0.1, -0.05) is 36.8 Å². The van der Waals surface area contributed by atoms with Crippen molar-refractivity contribution < 1.29 is 14.4 Å². The Morgan fingerprint density at radius 3 is 2.50 bits per heavy atom. The van der Waals surface area contributed by atoms with Gasteiger partial charge in [0.05, 0.1) is 6.54 Å². The third-order valence-corrected chi connectivity index (χ3v) is 4.59. The molecule has 128 valence electrons. The molecule has 2 aliphatic rings. The van der Waals surface area contributed by atoms with Crippen LogP contribution in [-0.2, 0) is 15.1 Å². The van der Waals surface area contributed by atoms with Crippen molar-refractivity contribution in [2.24, 2.45) is 0 Å². The highest BCUT2D eigenvalue weighted by molar-refractivity contribution is 6.08. The number of nitrogens with zero attached hydrogens (tertiary/aromatic N) is 2. The monoisotopic (exact) mass is 330 g/mol. The summed E-state index contributed by atoms with van der Waals surface area (Å²) in [5.41, 5.74) is 1.95. The summed E-state index contributed by atoms with van der Waals surface area (Å²) in [5.74, 6) is -0.830. The zero-order chi connectivity index (χ0) is 17.2. The van der Waals surface area contributed by atoms with E-state index in [2.05, 4.69) is 10.7 Å². The molecule has 1 aromatic rings. The van der Waals surface area contributed by atoms with Gasteiger partial charge >= 0.3 is 6.03 Å². The van der Waals surface area contributed by atoms with Crippen molar-refractivity contribution in [3.05, 3.63) is 35.9 Å². The Bertz CT molecular complexity index is 642. The lowest BCUT2D eigenvalue weighted by atomic mass is 9.92. The van der Waals surface area contributed by atoms with Gasteiger partial charge in [0.2, 0.25) is 0 Å². The molecule has 0 radical (unpaired) electrons. The first-order valence-electron chi connectivity index (χ1n) is 8.25. The zero-order valence-corrected chi connectivity index (χ0v) is 13.7. The van der Waals surface area contributed by atoms with Gasteiger partial charge in [0, 0.05) is 0 Å². The summed E-state index contributed by atoms with van der Waals surface area (Å²) in [6, 6.07) is 8.38. The van der Waals surface area contributed by atoms with Crippen molar-refractivity contribution >= 4 is 17.8 Å². The number of piperidine rings is 1. The summed E-state index contributed by atoms with van der Waals surface area (Å²) in [6.45, 7) is 3.57. The Labute approximate surface area is 141 Å². The van der Waals surface area contributed by atoms with Crippen LogP contribution in [0.2, 0.25) is 0 Å². The summed E-state index contributed by atoms with van der Waals surface area (Å²) in [4.78, 5) is 39.1. The highest BCUT2D eigenvalue weighted by Gasteiger charge is 2.49. The summed E-state index contributed by atoms with van der Waals surface area (Å²) in [5, 5.41) is 3.46. The number of carbonyl (C=O) groups is 3. The van der Waals surface area contributed by atoms with Crippen molar-refractivity contribution in [3.8, 4) is 0 Å². The topological polar surface area (TPSA) is 81.8 Å². The van der Waals surface area contributed by atoms with E-state index in [1.165, 1.54) is 6.42 Å². The number of urea groups is 1. The van der Waals surface area contributed by atoms with E-state index in [0.29, 0.717) is 5.56 Å². The highest BCUT2D eigenvalue weighted by Crippen LogP contribution is 2.27. The van der Waals surface area contributed by atoms with Gasteiger partial charge < -0.3 is 5.32 Å². The van der Waals surface area contributed by atoms with Crippen molar-refractivity contribution in [3.63, 3.8) is 0 Å². The van der Waals surface area contributed by atoms with Crippen LogP contribution in [0.3, 0.4) is 0 Å². The molecule has 0 bridgehead atoms. The Balaban J connectivity index is 1.67. The van der Waals surface area contributed by atoms with E-state index in [0.717, 1.165) is 30.9 Å². The molecule has 7 heteroatoms. The van der Waals surface area contributed by atoms with Crippen LogP contribution < -0.4 is 10.7 Å². The van der Waals surface area contributed by atoms with Crippen LogP contribution in [0.15, 0.2) is 30.3 Å². The lowest BCUT2D eigenvalue weighted by molar-refractivity contribution is -0.139. The number of hydrogen-bond acceptors (Lipinski definition) is 4. The average Bonchev–Trinajstić information content (AvgIpc) is 2.81. The number of benzene rings is 1. The maximum absolute atomic E-state index is 12.7. The van der Waals surface area contributed by atoms with Crippen LogP contribution >= 0.6 is 0 Å². The second-order valence-corrected chi connectivity index (χ2v) is 6.43. The smallest absolute Gasteiger partial charge is 0.318 e. The fraction of sp³-hybridized carbons (Fsp3) is 0.471. The van der Waals surface area contributed by atoms with Crippen molar-refractivity contribution in [2.75, 3.05) is 19.6 Å². The van der Waals surface area contributed by atoms with Gasteiger partial charge in [-0.05, 0) is 38.4 Å². The number of hydrogen-bond donors (Lipinski definition) is 2. The van der Waals surface area contributed by atoms with Crippen LogP contribution in [0.4, 0.5) is 4.79 Å². The molecule has 0 aliphatic carbocycles. The maximum atomic E-state index is 12.7. The number of likely N-dealkylation sites (tertiary alicyclic amines) is 1. The molecule has 1 atom stereocenters. The fourth-order valence-electron chi connectivity index (χ4n) is 3.19. The van der Waals surface area contributed by atoms with Gasteiger partial charge in [0.15, 0.2) is 0 Å². The Hall–Kier alpha value is -2.41. The van der Waals surface area contributed by atoms with Gasteiger partial charge in [-0.3, -0.25) is 19.9 Å². The number of imide groups is 1. The minimum Gasteiger partial charge on any atom is -0.318 e. The number of rotatable bonds is 4. The lowest BCUT2D eigenvalue weighted by Gasteiger charge is -2.26. The average molecular weight is 330 g/mol. The molecule has 4 amide bonds. The molecule has 0 unspecified atom stereocenters. The number of amides is 4. The summed E-state index contributed by atoms with van der Waals surface area (Å²) in [6.07, 6.45) is 3.32.